The standard InChI is InChI=1S/C16H20N2O5/c1-2-21-16(20)15(19)18-7-5-17(6-8-18)10-12-3-4-13-14(9-12)23-11-22-13/h3-4,9H,2,5-8,10-11H2,1H3. The van der Waals surface area contributed by atoms with E-state index in [0.717, 1.165) is 36.7 Å². The van der Waals surface area contributed by atoms with Crippen molar-refractivity contribution in [2.45, 2.75) is 13.5 Å². The lowest BCUT2D eigenvalue weighted by Gasteiger charge is -2.34. The number of carbonyl (C=O) groups is 2. The van der Waals surface area contributed by atoms with Crippen molar-refractivity contribution in [2.24, 2.45) is 0 Å². The summed E-state index contributed by atoms with van der Waals surface area (Å²) in [4.78, 5) is 27.1. The molecule has 2 heterocycles. The molecule has 1 aromatic rings. The highest BCUT2D eigenvalue weighted by Gasteiger charge is 2.27. The normalized spacial score (nSPS) is 17.2. The zero-order chi connectivity index (χ0) is 16.2. The molecule has 7 nitrogen and oxygen atoms in total. The van der Waals surface area contributed by atoms with E-state index < -0.39 is 11.9 Å². The third-order valence-electron chi connectivity index (χ3n) is 3.95. The van der Waals surface area contributed by atoms with Gasteiger partial charge in [0, 0.05) is 32.7 Å². The molecule has 2 aliphatic heterocycles. The van der Waals surface area contributed by atoms with Gasteiger partial charge in [-0.25, -0.2) is 4.79 Å². The first-order chi connectivity index (χ1) is 11.2. The average Bonchev–Trinajstić information content (AvgIpc) is 3.03. The summed E-state index contributed by atoms with van der Waals surface area (Å²) >= 11 is 0. The van der Waals surface area contributed by atoms with Crippen molar-refractivity contribution >= 4 is 11.9 Å². The molecule has 0 saturated carbocycles. The van der Waals surface area contributed by atoms with Crippen LogP contribution in [0.5, 0.6) is 11.5 Å². The van der Waals surface area contributed by atoms with E-state index in [1.807, 2.05) is 18.2 Å². The summed E-state index contributed by atoms with van der Waals surface area (Å²) in [7, 11) is 0. The average molecular weight is 320 g/mol. The van der Waals surface area contributed by atoms with E-state index in [0.29, 0.717) is 13.1 Å². The van der Waals surface area contributed by atoms with Gasteiger partial charge in [-0.1, -0.05) is 6.07 Å². The van der Waals surface area contributed by atoms with Gasteiger partial charge in [0.05, 0.1) is 6.61 Å². The molecule has 0 spiro atoms. The van der Waals surface area contributed by atoms with Gasteiger partial charge in [-0.05, 0) is 24.6 Å². The predicted octanol–water partition coefficient (Wildman–Crippen LogP) is 0.623. The van der Waals surface area contributed by atoms with E-state index in [9.17, 15) is 9.59 Å². The van der Waals surface area contributed by atoms with Crippen LogP contribution < -0.4 is 9.47 Å². The number of carbonyl (C=O) groups excluding carboxylic acids is 2. The SMILES string of the molecule is CCOC(=O)C(=O)N1CCN(Cc2ccc3c(c2)OCO3)CC1. The summed E-state index contributed by atoms with van der Waals surface area (Å²) in [5.74, 6) is 0.239. The van der Waals surface area contributed by atoms with E-state index in [1.54, 1.807) is 11.8 Å². The van der Waals surface area contributed by atoms with Crippen LogP contribution in [0, 0.1) is 0 Å². The Bertz CT molecular complexity index is 596. The minimum absolute atomic E-state index is 0.217. The lowest BCUT2D eigenvalue weighted by atomic mass is 10.1. The Morgan fingerprint density at radius 2 is 1.87 bits per heavy atom. The molecule has 3 rings (SSSR count). The monoisotopic (exact) mass is 320 g/mol. The molecule has 0 aromatic heterocycles. The smallest absolute Gasteiger partial charge is 0.397 e. The van der Waals surface area contributed by atoms with Crippen molar-refractivity contribution in [1.29, 1.82) is 0 Å². The largest absolute Gasteiger partial charge is 0.459 e. The number of piperazine rings is 1. The van der Waals surface area contributed by atoms with Crippen molar-refractivity contribution in [3.05, 3.63) is 23.8 Å². The molecular weight excluding hydrogens is 300 g/mol. The molecule has 1 aromatic carbocycles. The molecule has 0 radical (unpaired) electrons. The first-order valence-electron chi connectivity index (χ1n) is 7.74. The maximum absolute atomic E-state index is 11.9. The summed E-state index contributed by atoms with van der Waals surface area (Å²) < 4.78 is 15.4. The first kappa shape index (κ1) is 15.6. The molecule has 1 fully saturated rings. The first-order valence-corrected chi connectivity index (χ1v) is 7.74. The van der Waals surface area contributed by atoms with Crippen LogP contribution in [0.2, 0.25) is 0 Å². The second-order valence-electron chi connectivity index (χ2n) is 5.48. The van der Waals surface area contributed by atoms with Crippen LogP contribution in [0.1, 0.15) is 12.5 Å². The summed E-state index contributed by atoms with van der Waals surface area (Å²) in [6, 6.07) is 5.92. The van der Waals surface area contributed by atoms with Crippen molar-refractivity contribution in [3.8, 4) is 11.5 Å². The molecule has 2 aliphatic rings. The molecule has 0 atom stereocenters. The topological polar surface area (TPSA) is 68.3 Å². The van der Waals surface area contributed by atoms with E-state index in [-0.39, 0.29) is 13.4 Å². The Morgan fingerprint density at radius 3 is 2.61 bits per heavy atom. The second-order valence-corrected chi connectivity index (χ2v) is 5.48. The van der Waals surface area contributed by atoms with E-state index in [4.69, 9.17) is 14.2 Å². The number of rotatable bonds is 3. The van der Waals surface area contributed by atoms with E-state index in [2.05, 4.69) is 4.90 Å². The third-order valence-corrected chi connectivity index (χ3v) is 3.95. The zero-order valence-electron chi connectivity index (χ0n) is 13.1. The highest BCUT2D eigenvalue weighted by molar-refractivity contribution is 6.32. The van der Waals surface area contributed by atoms with Crippen LogP contribution in [0.25, 0.3) is 0 Å². The van der Waals surface area contributed by atoms with Gasteiger partial charge in [0.25, 0.3) is 0 Å². The maximum Gasteiger partial charge on any atom is 0.397 e. The molecule has 0 unspecified atom stereocenters. The predicted molar refractivity (Wildman–Crippen MR) is 81.1 cm³/mol. The molecule has 1 saturated heterocycles. The van der Waals surface area contributed by atoms with Crippen LogP contribution in [-0.4, -0.2) is 61.3 Å². The van der Waals surface area contributed by atoms with Crippen molar-refractivity contribution in [1.82, 2.24) is 9.80 Å². The lowest BCUT2D eigenvalue weighted by molar-refractivity contribution is -0.160. The lowest BCUT2D eigenvalue weighted by Crippen LogP contribution is -2.50. The van der Waals surface area contributed by atoms with Crippen LogP contribution in [0.4, 0.5) is 0 Å². The van der Waals surface area contributed by atoms with Crippen LogP contribution in [0.15, 0.2) is 18.2 Å². The van der Waals surface area contributed by atoms with Gasteiger partial charge in [0.1, 0.15) is 0 Å². The van der Waals surface area contributed by atoms with Crippen LogP contribution in [-0.2, 0) is 20.9 Å². The summed E-state index contributed by atoms with van der Waals surface area (Å²) in [6.07, 6.45) is 0. The molecule has 23 heavy (non-hydrogen) atoms. The van der Waals surface area contributed by atoms with E-state index >= 15 is 0 Å². The van der Waals surface area contributed by atoms with Crippen molar-refractivity contribution in [2.75, 3.05) is 39.6 Å². The van der Waals surface area contributed by atoms with Gasteiger partial charge >= 0.3 is 11.9 Å². The molecule has 0 N–H and O–H groups in total. The Balaban J connectivity index is 1.51. The second kappa shape index (κ2) is 6.87. The molecule has 0 bridgehead atoms. The maximum atomic E-state index is 11.9. The Morgan fingerprint density at radius 1 is 1.13 bits per heavy atom. The fourth-order valence-electron chi connectivity index (χ4n) is 2.73. The molecule has 1 amide bonds. The van der Waals surface area contributed by atoms with Crippen molar-refractivity contribution < 1.29 is 23.8 Å². The van der Waals surface area contributed by atoms with Gasteiger partial charge in [-0.15, -0.1) is 0 Å². The fraction of sp³-hybridized carbons (Fsp3) is 0.500. The van der Waals surface area contributed by atoms with Gasteiger partial charge in [0.2, 0.25) is 6.79 Å². The Hall–Kier alpha value is -2.28. The van der Waals surface area contributed by atoms with Gasteiger partial charge < -0.3 is 19.1 Å². The molecule has 124 valence electrons. The van der Waals surface area contributed by atoms with Crippen molar-refractivity contribution in [3.63, 3.8) is 0 Å². The number of amides is 1. The van der Waals surface area contributed by atoms with E-state index in [1.165, 1.54) is 0 Å². The number of nitrogens with zero attached hydrogens (tertiary/aromatic N) is 2. The molecular formula is C16H20N2O5. The molecule has 7 heteroatoms. The highest BCUT2D eigenvalue weighted by Crippen LogP contribution is 2.32. The number of fused-ring (bicyclic) bond motifs is 1. The highest BCUT2D eigenvalue weighted by atomic mass is 16.7. The number of ether oxygens (including phenoxy) is 3. The minimum atomic E-state index is -0.767. The molecule has 0 aliphatic carbocycles. The number of esters is 1. The Labute approximate surface area is 134 Å². The van der Waals surface area contributed by atoms with Gasteiger partial charge in [-0.2, -0.15) is 0 Å². The summed E-state index contributed by atoms with van der Waals surface area (Å²) in [5.41, 5.74) is 1.14. The van der Waals surface area contributed by atoms with Crippen LogP contribution in [0.3, 0.4) is 0 Å². The Kier molecular flexibility index (Phi) is 4.66. The van der Waals surface area contributed by atoms with Gasteiger partial charge in [0.15, 0.2) is 11.5 Å². The minimum Gasteiger partial charge on any atom is -0.459 e. The number of hydrogen-bond acceptors (Lipinski definition) is 6. The van der Waals surface area contributed by atoms with Crippen LogP contribution >= 0.6 is 0 Å². The number of benzene rings is 1. The fourth-order valence-corrected chi connectivity index (χ4v) is 2.73. The van der Waals surface area contributed by atoms with Gasteiger partial charge in [-0.3, -0.25) is 9.69 Å². The quantitative estimate of drug-likeness (QED) is 0.601. The third kappa shape index (κ3) is 3.56. The summed E-state index contributed by atoms with van der Waals surface area (Å²) in [6.45, 7) is 5.46. The number of hydrogen-bond donors (Lipinski definition) is 0. The zero-order valence-corrected chi connectivity index (χ0v) is 13.1. The summed E-state index contributed by atoms with van der Waals surface area (Å²) in [5, 5.41) is 0.